The number of rotatable bonds is 6. The first kappa shape index (κ1) is 16.0. The van der Waals surface area contributed by atoms with Crippen LogP contribution in [0.3, 0.4) is 0 Å². The van der Waals surface area contributed by atoms with Crippen LogP contribution < -0.4 is 4.72 Å². The van der Waals surface area contributed by atoms with Crippen molar-refractivity contribution in [3.8, 4) is 0 Å². The molecular formula is C14H18BrN3O2S. The van der Waals surface area contributed by atoms with Gasteiger partial charge in [0.1, 0.15) is 5.82 Å². The largest absolute Gasteiger partial charge is 0.334 e. The van der Waals surface area contributed by atoms with Gasteiger partial charge in [-0.15, -0.1) is 0 Å². The molecule has 114 valence electrons. The lowest BCUT2D eigenvalue weighted by molar-refractivity contribution is 0.597. The van der Waals surface area contributed by atoms with E-state index in [0.717, 1.165) is 18.5 Å². The predicted octanol–water partition coefficient (Wildman–Crippen LogP) is 3.30. The Balaban J connectivity index is 2.27. The van der Waals surface area contributed by atoms with Gasteiger partial charge < -0.3 is 4.57 Å². The number of anilines is 1. The maximum atomic E-state index is 12.4. The lowest BCUT2D eigenvalue weighted by Crippen LogP contribution is -2.13. The van der Waals surface area contributed by atoms with Crippen molar-refractivity contribution in [3.63, 3.8) is 0 Å². The predicted molar refractivity (Wildman–Crippen MR) is 87.1 cm³/mol. The smallest absolute Gasteiger partial charge is 0.280 e. The summed E-state index contributed by atoms with van der Waals surface area (Å²) in [5.74, 6) is 0.700. The van der Waals surface area contributed by atoms with Gasteiger partial charge in [-0.1, -0.05) is 35.0 Å². The number of imidazole rings is 1. The zero-order valence-electron chi connectivity index (χ0n) is 12.0. The maximum Gasteiger partial charge on any atom is 0.280 e. The number of halogens is 1. The lowest BCUT2D eigenvalue weighted by atomic mass is 10.2. The van der Waals surface area contributed by atoms with Gasteiger partial charge in [0, 0.05) is 23.8 Å². The van der Waals surface area contributed by atoms with E-state index in [1.165, 1.54) is 0 Å². The first-order valence-corrected chi connectivity index (χ1v) is 9.28. The first-order valence-electron chi connectivity index (χ1n) is 6.67. The van der Waals surface area contributed by atoms with E-state index >= 15 is 0 Å². The SMILES string of the molecule is CCCn1cc(S(=O)(=O)Nc2cccc(CBr)c2)nc1C. The minimum absolute atomic E-state index is 0.0534. The average molecular weight is 372 g/mol. The zero-order chi connectivity index (χ0) is 15.5. The van der Waals surface area contributed by atoms with Crippen LogP contribution in [-0.2, 0) is 21.9 Å². The van der Waals surface area contributed by atoms with Crippen LogP contribution in [0.5, 0.6) is 0 Å². The third-order valence-electron chi connectivity index (χ3n) is 3.03. The number of aromatic nitrogens is 2. The van der Waals surface area contributed by atoms with Crippen molar-refractivity contribution in [2.24, 2.45) is 0 Å². The fourth-order valence-corrected chi connectivity index (χ4v) is 3.41. The Morgan fingerprint density at radius 1 is 1.38 bits per heavy atom. The molecule has 7 heteroatoms. The van der Waals surface area contributed by atoms with Crippen molar-refractivity contribution in [2.75, 3.05) is 4.72 Å². The summed E-state index contributed by atoms with van der Waals surface area (Å²) in [6.45, 7) is 4.60. The molecule has 0 fully saturated rings. The molecule has 0 atom stereocenters. The average Bonchev–Trinajstić information content (AvgIpc) is 2.81. The second-order valence-corrected chi connectivity index (χ2v) is 6.95. The molecule has 1 aromatic heterocycles. The van der Waals surface area contributed by atoms with E-state index in [9.17, 15) is 8.42 Å². The molecular weight excluding hydrogens is 354 g/mol. The number of nitrogens with zero attached hydrogens (tertiary/aromatic N) is 2. The molecule has 0 spiro atoms. The molecule has 0 unspecified atom stereocenters. The molecule has 0 radical (unpaired) electrons. The number of hydrogen-bond acceptors (Lipinski definition) is 3. The Labute approximate surface area is 133 Å². The van der Waals surface area contributed by atoms with E-state index in [1.807, 2.05) is 23.6 Å². The summed E-state index contributed by atoms with van der Waals surface area (Å²) in [4.78, 5) is 4.14. The Morgan fingerprint density at radius 2 is 2.14 bits per heavy atom. The number of benzene rings is 1. The number of sulfonamides is 1. The number of hydrogen-bond donors (Lipinski definition) is 1. The van der Waals surface area contributed by atoms with Crippen LogP contribution in [0.15, 0.2) is 35.5 Å². The number of aryl methyl sites for hydroxylation is 2. The maximum absolute atomic E-state index is 12.4. The highest BCUT2D eigenvalue weighted by Crippen LogP contribution is 2.18. The molecule has 5 nitrogen and oxygen atoms in total. The fraction of sp³-hybridized carbons (Fsp3) is 0.357. The van der Waals surface area contributed by atoms with Crippen molar-refractivity contribution < 1.29 is 8.42 Å². The van der Waals surface area contributed by atoms with Crippen LogP contribution in [-0.4, -0.2) is 18.0 Å². The monoisotopic (exact) mass is 371 g/mol. The molecule has 0 bridgehead atoms. The van der Waals surface area contributed by atoms with E-state index in [-0.39, 0.29) is 5.03 Å². The van der Waals surface area contributed by atoms with Crippen molar-refractivity contribution in [3.05, 3.63) is 41.9 Å². The van der Waals surface area contributed by atoms with E-state index in [1.54, 1.807) is 25.3 Å². The molecule has 0 aliphatic carbocycles. The van der Waals surface area contributed by atoms with Crippen LogP contribution in [0.25, 0.3) is 0 Å². The van der Waals surface area contributed by atoms with Gasteiger partial charge in [0.25, 0.3) is 10.0 Å². The van der Waals surface area contributed by atoms with Crippen molar-refractivity contribution >= 4 is 31.6 Å². The summed E-state index contributed by atoms with van der Waals surface area (Å²) in [6.07, 6.45) is 2.51. The van der Waals surface area contributed by atoms with Crippen LogP contribution in [0.4, 0.5) is 5.69 Å². The van der Waals surface area contributed by atoms with Gasteiger partial charge in [-0.05, 0) is 31.0 Å². The number of nitrogens with one attached hydrogen (secondary N) is 1. The van der Waals surface area contributed by atoms with Gasteiger partial charge in [0.05, 0.1) is 0 Å². The topological polar surface area (TPSA) is 64.0 Å². The van der Waals surface area contributed by atoms with E-state index in [2.05, 4.69) is 25.6 Å². The van der Waals surface area contributed by atoms with Gasteiger partial charge in [-0.3, -0.25) is 4.72 Å². The Kier molecular flexibility index (Phi) is 5.05. The normalized spacial score (nSPS) is 11.6. The van der Waals surface area contributed by atoms with E-state index in [4.69, 9.17) is 0 Å². The first-order chi connectivity index (χ1) is 9.96. The highest BCUT2D eigenvalue weighted by Gasteiger charge is 2.19. The van der Waals surface area contributed by atoms with Crippen molar-refractivity contribution in [2.45, 2.75) is 37.2 Å². The molecule has 0 saturated heterocycles. The molecule has 2 rings (SSSR count). The summed E-state index contributed by atoms with van der Waals surface area (Å²) in [7, 11) is -3.66. The molecule has 0 aliphatic heterocycles. The Morgan fingerprint density at radius 3 is 2.81 bits per heavy atom. The summed E-state index contributed by atoms with van der Waals surface area (Å²) in [6, 6.07) is 7.25. The molecule has 1 aromatic carbocycles. The van der Waals surface area contributed by atoms with Gasteiger partial charge >= 0.3 is 0 Å². The minimum atomic E-state index is -3.66. The minimum Gasteiger partial charge on any atom is -0.334 e. The second-order valence-electron chi connectivity index (χ2n) is 4.76. The van der Waals surface area contributed by atoms with Gasteiger partial charge in [-0.2, -0.15) is 8.42 Å². The summed E-state index contributed by atoms with van der Waals surface area (Å²) >= 11 is 3.35. The molecule has 1 heterocycles. The van der Waals surface area contributed by atoms with Crippen LogP contribution in [0.1, 0.15) is 24.7 Å². The van der Waals surface area contributed by atoms with E-state index < -0.39 is 10.0 Å². The third-order valence-corrected chi connectivity index (χ3v) is 4.93. The van der Waals surface area contributed by atoms with Crippen LogP contribution in [0, 0.1) is 6.92 Å². The van der Waals surface area contributed by atoms with Crippen LogP contribution in [0.2, 0.25) is 0 Å². The Bertz CT molecular complexity index is 726. The molecule has 0 amide bonds. The molecule has 2 aromatic rings. The summed E-state index contributed by atoms with van der Waals surface area (Å²) in [5, 5.41) is 0.727. The second kappa shape index (κ2) is 6.62. The Hall–Kier alpha value is -1.34. The molecule has 1 N–H and O–H groups in total. The third kappa shape index (κ3) is 3.85. The molecule has 21 heavy (non-hydrogen) atoms. The zero-order valence-corrected chi connectivity index (χ0v) is 14.4. The lowest BCUT2D eigenvalue weighted by Gasteiger charge is -2.06. The van der Waals surface area contributed by atoms with Crippen molar-refractivity contribution in [1.29, 1.82) is 0 Å². The highest BCUT2D eigenvalue weighted by atomic mass is 79.9. The van der Waals surface area contributed by atoms with Crippen LogP contribution >= 0.6 is 15.9 Å². The molecule has 0 aliphatic rings. The van der Waals surface area contributed by atoms with Crippen molar-refractivity contribution in [1.82, 2.24) is 9.55 Å². The standard InChI is InChI=1S/C14H18BrN3O2S/c1-3-7-18-10-14(16-11(18)2)21(19,20)17-13-6-4-5-12(8-13)9-15/h4-6,8,10,17H,3,7,9H2,1-2H3. The molecule has 0 saturated carbocycles. The van der Waals surface area contributed by atoms with Gasteiger partial charge in [0.2, 0.25) is 0 Å². The fourth-order valence-electron chi connectivity index (χ4n) is 2.00. The van der Waals surface area contributed by atoms with E-state index in [0.29, 0.717) is 16.8 Å². The van der Waals surface area contributed by atoms with Gasteiger partial charge in [-0.25, -0.2) is 4.98 Å². The summed E-state index contributed by atoms with van der Waals surface area (Å²) in [5.41, 5.74) is 1.54. The number of alkyl halides is 1. The summed E-state index contributed by atoms with van der Waals surface area (Å²) < 4.78 is 29.2. The van der Waals surface area contributed by atoms with Gasteiger partial charge in [0.15, 0.2) is 5.03 Å². The highest BCUT2D eigenvalue weighted by molar-refractivity contribution is 9.08. The quantitative estimate of drug-likeness (QED) is 0.792.